The number of alkyl halides is 7. The van der Waals surface area contributed by atoms with Crippen LogP contribution in [0.5, 0.6) is 11.5 Å². The second-order valence-corrected chi connectivity index (χ2v) is 8.66. The van der Waals surface area contributed by atoms with E-state index in [1.807, 2.05) is 6.07 Å². The molecule has 1 aliphatic rings. The Labute approximate surface area is 198 Å². The molecule has 0 amide bonds. The third-order valence-electron chi connectivity index (χ3n) is 5.84. The number of aliphatic hydroxyl groups is 1. The first-order chi connectivity index (χ1) is 16.4. The molecule has 1 fully saturated rings. The van der Waals surface area contributed by atoms with Crippen molar-refractivity contribution in [3.63, 3.8) is 0 Å². The van der Waals surface area contributed by atoms with Gasteiger partial charge in [0.25, 0.3) is 0 Å². The van der Waals surface area contributed by atoms with Crippen molar-refractivity contribution in [2.24, 2.45) is 0 Å². The average molecular weight is 509 g/mol. The van der Waals surface area contributed by atoms with Crippen molar-refractivity contribution in [2.45, 2.75) is 68.6 Å². The summed E-state index contributed by atoms with van der Waals surface area (Å²) in [5, 5.41) is 12.4. The van der Waals surface area contributed by atoms with Crippen LogP contribution in [0.15, 0.2) is 54.6 Å². The van der Waals surface area contributed by atoms with Crippen molar-refractivity contribution in [1.29, 1.82) is 0 Å². The van der Waals surface area contributed by atoms with Crippen LogP contribution in [0.25, 0.3) is 0 Å². The van der Waals surface area contributed by atoms with E-state index in [0.29, 0.717) is 30.6 Å². The highest BCUT2D eigenvalue weighted by Crippen LogP contribution is 2.36. The Morgan fingerprint density at radius 2 is 1.69 bits per heavy atom. The van der Waals surface area contributed by atoms with Gasteiger partial charge in [-0.1, -0.05) is 30.3 Å². The lowest BCUT2D eigenvalue weighted by molar-refractivity contribution is -0.253. The number of benzene rings is 2. The molecule has 35 heavy (non-hydrogen) atoms. The quantitative estimate of drug-likeness (QED) is 0.401. The maximum absolute atomic E-state index is 13.3. The molecule has 0 aliphatic heterocycles. The van der Waals surface area contributed by atoms with Gasteiger partial charge < -0.3 is 19.9 Å². The van der Waals surface area contributed by atoms with Crippen molar-refractivity contribution in [3.8, 4) is 11.5 Å². The SMILES string of the molecule is OC(CNC1(Cc2cccc(OC(F)(F)C(F)F)c2)CCCC(Oc2ccccc2)C1)C(F)(F)F. The molecule has 1 saturated carbocycles. The fraction of sp³-hybridized carbons (Fsp3) is 0.500. The Balaban J connectivity index is 1.81. The van der Waals surface area contributed by atoms with Gasteiger partial charge in [0.1, 0.15) is 17.6 Å². The number of nitrogens with one attached hydrogen (secondary N) is 1. The third kappa shape index (κ3) is 7.73. The van der Waals surface area contributed by atoms with Gasteiger partial charge in [0.05, 0.1) is 0 Å². The molecule has 194 valence electrons. The predicted molar refractivity (Wildman–Crippen MR) is 114 cm³/mol. The Bertz CT molecular complexity index is 942. The van der Waals surface area contributed by atoms with E-state index < -0.39 is 42.6 Å². The van der Waals surface area contributed by atoms with Gasteiger partial charge in [-0.2, -0.15) is 30.7 Å². The van der Waals surface area contributed by atoms with Gasteiger partial charge in [0, 0.05) is 18.5 Å². The fourth-order valence-electron chi connectivity index (χ4n) is 4.22. The number of ether oxygens (including phenoxy) is 2. The molecule has 3 unspecified atom stereocenters. The Kier molecular flexibility index (Phi) is 8.53. The molecule has 11 heteroatoms. The zero-order valence-electron chi connectivity index (χ0n) is 18.6. The first-order valence-electron chi connectivity index (χ1n) is 11.0. The minimum absolute atomic E-state index is 0.0731. The molecule has 2 aromatic rings. The van der Waals surface area contributed by atoms with Crippen LogP contribution in [0, 0.1) is 0 Å². The van der Waals surface area contributed by atoms with E-state index in [2.05, 4.69) is 10.1 Å². The molecule has 2 N–H and O–H groups in total. The van der Waals surface area contributed by atoms with Crippen LogP contribution in [0.3, 0.4) is 0 Å². The van der Waals surface area contributed by atoms with Crippen molar-refractivity contribution in [1.82, 2.24) is 5.32 Å². The summed E-state index contributed by atoms with van der Waals surface area (Å²) in [7, 11) is 0. The van der Waals surface area contributed by atoms with E-state index in [1.165, 1.54) is 6.07 Å². The van der Waals surface area contributed by atoms with Crippen LogP contribution < -0.4 is 14.8 Å². The van der Waals surface area contributed by atoms with E-state index >= 15 is 0 Å². The Morgan fingerprint density at radius 1 is 1.00 bits per heavy atom. The van der Waals surface area contributed by atoms with Crippen LogP contribution in [-0.4, -0.2) is 48.1 Å². The highest BCUT2D eigenvalue weighted by atomic mass is 19.4. The van der Waals surface area contributed by atoms with Crippen LogP contribution in [0.2, 0.25) is 0 Å². The van der Waals surface area contributed by atoms with Gasteiger partial charge in [0.2, 0.25) is 0 Å². The molecular formula is C24H26F7NO3. The largest absolute Gasteiger partial charge is 0.490 e. The maximum Gasteiger partial charge on any atom is 0.461 e. The Hall–Kier alpha value is -2.53. The van der Waals surface area contributed by atoms with Gasteiger partial charge in [-0.05, 0) is 55.5 Å². The molecule has 0 spiro atoms. The smallest absolute Gasteiger partial charge is 0.461 e. The molecular weight excluding hydrogens is 483 g/mol. The first-order valence-corrected chi connectivity index (χ1v) is 11.0. The molecule has 4 nitrogen and oxygen atoms in total. The first kappa shape index (κ1) is 27.1. The molecule has 3 rings (SSSR count). The maximum atomic E-state index is 13.3. The fourth-order valence-corrected chi connectivity index (χ4v) is 4.22. The van der Waals surface area contributed by atoms with Crippen LogP contribution in [0.4, 0.5) is 30.7 Å². The summed E-state index contributed by atoms with van der Waals surface area (Å²) in [6.45, 7) is -0.777. The number of aliphatic hydroxyl groups excluding tert-OH is 1. The molecule has 2 aromatic carbocycles. The molecule has 0 saturated heterocycles. The zero-order valence-corrected chi connectivity index (χ0v) is 18.6. The second-order valence-electron chi connectivity index (χ2n) is 8.66. The van der Waals surface area contributed by atoms with Crippen molar-refractivity contribution >= 4 is 0 Å². The summed E-state index contributed by atoms with van der Waals surface area (Å²) in [6.07, 6.45) is -14.5. The van der Waals surface area contributed by atoms with E-state index in [1.54, 1.807) is 30.3 Å². The Morgan fingerprint density at radius 3 is 2.34 bits per heavy atom. The zero-order chi connectivity index (χ0) is 25.7. The number of β-amino-alcohol motifs (C(OH)–C–C–N with tert-alkyl or cyclic N) is 1. The van der Waals surface area contributed by atoms with E-state index in [4.69, 9.17) is 4.74 Å². The topological polar surface area (TPSA) is 50.7 Å². The summed E-state index contributed by atoms with van der Waals surface area (Å²) in [6, 6.07) is 14.0. The highest BCUT2D eigenvalue weighted by Gasteiger charge is 2.45. The monoisotopic (exact) mass is 509 g/mol. The predicted octanol–water partition coefficient (Wildman–Crippen LogP) is 5.74. The van der Waals surface area contributed by atoms with E-state index in [9.17, 15) is 35.8 Å². The van der Waals surface area contributed by atoms with Crippen molar-refractivity contribution in [2.75, 3.05) is 6.54 Å². The van der Waals surface area contributed by atoms with Gasteiger partial charge in [-0.25, -0.2) is 0 Å². The minimum Gasteiger partial charge on any atom is -0.490 e. The molecule has 0 aromatic heterocycles. The third-order valence-corrected chi connectivity index (χ3v) is 5.84. The minimum atomic E-state index is -4.82. The lowest BCUT2D eigenvalue weighted by Gasteiger charge is -2.42. The van der Waals surface area contributed by atoms with E-state index in [-0.39, 0.29) is 18.9 Å². The summed E-state index contributed by atoms with van der Waals surface area (Å²) in [5.41, 5.74) is -0.588. The van der Waals surface area contributed by atoms with Crippen molar-refractivity contribution < 1.29 is 45.3 Å². The summed E-state index contributed by atoms with van der Waals surface area (Å²) in [5.74, 6) is 0.0967. The lowest BCUT2D eigenvalue weighted by Crippen LogP contribution is -2.55. The van der Waals surface area contributed by atoms with Crippen molar-refractivity contribution in [3.05, 3.63) is 60.2 Å². The molecule has 1 aliphatic carbocycles. The van der Waals surface area contributed by atoms with Gasteiger partial charge in [-0.3, -0.25) is 0 Å². The van der Waals surface area contributed by atoms with Crippen LogP contribution >= 0.6 is 0 Å². The van der Waals surface area contributed by atoms with Gasteiger partial charge in [-0.15, -0.1) is 0 Å². The number of rotatable bonds is 10. The van der Waals surface area contributed by atoms with E-state index in [0.717, 1.165) is 12.1 Å². The number of halogens is 7. The summed E-state index contributed by atoms with van der Waals surface area (Å²) < 4.78 is 101. The highest BCUT2D eigenvalue weighted by molar-refractivity contribution is 5.30. The molecule has 0 radical (unpaired) electrons. The second kappa shape index (κ2) is 11.0. The normalized spacial score (nSPS) is 22.1. The summed E-state index contributed by atoms with van der Waals surface area (Å²) in [4.78, 5) is 0. The van der Waals surface area contributed by atoms with Crippen LogP contribution in [0.1, 0.15) is 31.2 Å². The number of hydrogen-bond acceptors (Lipinski definition) is 4. The average Bonchev–Trinajstić information content (AvgIpc) is 2.77. The molecule has 0 heterocycles. The van der Waals surface area contributed by atoms with Gasteiger partial charge >= 0.3 is 18.7 Å². The number of para-hydroxylation sites is 1. The summed E-state index contributed by atoms with van der Waals surface area (Å²) >= 11 is 0. The standard InChI is InChI=1S/C24H26F7NO3/c25-21(26)24(30,31)35-18-9-4-6-16(12-18)13-22(32-15-20(33)23(27,28)29)11-5-10-19(14-22)34-17-7-2-1-3-8-17/h1-4,6-9,12,19-21,32-33H,5,10-11,13-15H2. The number of hydrogen-bond donors (Lipinski definition) is 2. The van der Waals surface area contributed by atoms with Gasteiger partial charge in [0.15, 0.2) is 6.10 Å². The lowest BCUT2D eigenvalue weighted by atomic mass is 9.76. The van der Waals surface area contributed by atoms with Crippen LogP contribution in [-0.2, 0) is 6.42 Å². The molecule has 3 atom stereocenters. The molecule has 0 bridgehead atoms.